The standard InChI is InChI=1S/C15H20N2O2/c1-11(2)16-15(19)17-14-8-7-12(3)13(10-14)6-4-5-9-18/h7-8,10-11,18H,5,9H2,1-3H3,(H2,16,17,19). The van der Waals surface area contributed by atoms with Crippen LogP contribution in [0, 0.1) is 18.8 Å². The van der Waals surface area contributed by atoms with Gasteiger partial charge >= 0.3 is 6.03 Å². The Morgan fingerprint density at radius 3 is 2.79 bits per heavy atom. The molecule has 1 rings (SSSR count). The number of rotatable bonds is 3. The van der Waals surface area contributed by atoms with Crippen molar-refractivity contribution in [1.82, 2.24) is 5.32 Å². The molecule has 102 valence electrons. The van der Waals surface area contributed by atoms with Gasteiger partial charge in [-0.3, -0.25) is 0 Å². The van der Waals surface area contributed by atoms with E-state index < -0.39 is 0 Å². The topological polar surface area (TPSA) is 61.4 Å². The summed E-state index contributed by atoms with van der Waals surface area (Å²) in [5.74, 6) is 5.86. The summed E-state index contributed by atoms with van der Waals surface area (Å²) in [6, 6.07) is 5.45. The van der Waals surface area contributed by atoms with Gasteiger partial charge in [0.1, 0.15) is 0 Å². The van der Waals surface area contributed by atoms with Gasteiger partial charge in [0.2, 0.25) is 0 Å². The van der Waals surface area contributed by atoms with Gasteiger partial charge in [0, 0.05) is 23.7 Å². The van der Waals surface area contributed by atoms with Crippen molar-refractivity contribution in [2.75, 3.05) is 11.9 Å². The van der Waals surface area contributed by atoms with E-state index in [1.807, 2.05) is 39.0 Å². The highest BCUT2D eigenvalue weighted by Gasteiger charge is 2.04. The third-order valence-corrected chi connectivity index (χ3v) is 2.38. The molecular weight excluding hydrogens is 240 g/mol. The fraction of sp³-hybridized carbons (Fsp3) is 0.400. The molecule has 0 aromatic heterocycles. The van der Waals surface area contributed by atoms with E-state index in [1.165, 1.54) is 0 Å². The molecule has 19 heavy (non-hydrogen) atoms. The largest absolute Gasteiger partial charge is 0.395 e. The maximum Gasteiger partial charge on any atom is 0.319 e. The zero-order chi connectivity index (χ0) is 14.3. The molecule has 0 atom stereocenters. The molecule has 4 nitrogen and oxygen atoms in total. The lowest BCUT2D eigenvalue weighted by molar-refractivity contribution is 0.250. The quantitative estimate of drug-likeness (QED) is 0.730. The van der Waals surface area contributed by atoms with Crippen molar-refractivity contribution in [3.63, 3.8) is 0 Å². The minimum absolute atomic E-state index is 0.0563. The van der Waals surface area contributed by atoms with Gasteiger partial charge in [0.15, 0.2) is 0 Å². The second-order valence-electron chi connectivity index (χ2n) is 4.56. The number of aliphatic hydroxyl groups is 1. The molecule has 0 spiro atoms. The van der Waals surface area contributed by atoms with Crippen LogP contribution in [0.15, 0.2) is 18.2 Å². The molecule has 4 heteroatoms. The third-order valence-electron chi connectivity index (χ3n) is 2.38. The van der Waals surface area contributed by atoms with Crippen molar-refractivity contribution >= 4 is 11.7 Å². The van der Waals surface area contributed by atoms with Crippen LogP contribution in [0.2, 0.25) is 0 Å². The molecule has 0 bridgehead atoms. The normalized spacial score (nSPS) is 9.74. The van der Waals surface area contributed by atoms with Crippen molar-refractivity contribution in [1.29, 1.82) is 0 Å². The van der Waals surface area contributed by atoms with Crippen molar-refractivity contribution in [3.8, 4) is 11.8 Å². The Kier molecular flexibility index (Phi) is 5.91. The van der Waals surface area contributed by atoms with Crippen molar-refractivity contribution in [2.45, 2.75) is 33.2 Å². The predicted molar refractivity (Wildman–Crippen MR) is 77.1 cm³/mol. The van der Waals surface area contributed by atoms with E-state index in [-0.39, 0.29) is 18.7 Å². The minimum atomic E-state index is -0.229. The molecule has 1 aromatic carbocycles. The second-order valence-corrected chi connectivity index (χ2v) is 4.56. The molecule has 1 aromatic rings. The Morgan fingerprint density at radius 2 is 2.16 bits per heavy atom. The van der Waals surface area contributed by atoms with Crippen LogP contribution in [-0.2, 0) is 0 Å². The molecule has 0 fully saturated rings. The highest BCUT2D eigenvalue weighted by molar-refractivity contribution is 5.89. The number of amides is 2. The summed E-state index contributed by atoms with van der Waals surface area (Å²) < 4.78 is 0. The zero-order valence-corrected chi connectivity index (χ0v) is 11.6. The Morgan fingerprint density at radius 1 is 1.42 bits per heavy atom. The molecule has 3 N–H and O–H groups in total. The van der Waals surface area contributed by atoms with Crippen LogP contribution in [0.25, 0.3) is 0 Å². The molecule has 0 radical (unpaired) electrons. The number of urea groups is 1. The zero-order valence-electron chi connectivity index (χ0n) is 11.6. The van der Waals surface area contributed by atoms with E-state index in [0.29, 0.717) is 12.1 Å². The predicted octanol–water partition coefficient (Wildman–Crippen LogP) is 2.26. The SMILES string of the molecule is Cc1ccc(NC(=O)NC(C)C)cc1C#CCCO. The summed E-state index contributed by atoms with van der Waals surface area (Å²) in [4.78, 5) is 11.6. The number of aryl methyl sites for hydroxylation is 1. The van der Waals surface area contributed by atoms with Gasteiger partial charge in [0.25, 0.3) is 0 Å². The molecule has 0 aliphatic heterocycles. The summed E-state index contributed by atoms with van der Waals surface area (Å²) in [5, 5.41) is 14.2. The summed E-state index contributed by atoms with van der Waals surface area (Å²) in [7, 11) is 0. The average Bonchev–Trinajstić information content (AvgIpc) is 2.32. The summed E-state index contributed by atoms with van der Waals surface area (Å²) >= 11 is 0. The Hall–Kier alpha value is -1.99. The van der Waals surface area contributed by atoms with Gasteiger partial charge < -0.3 is 15.7 Å². The van der Waals surface area contributed by atoms with Gasteiger partial charge in [-0.05, 0) is 38.5 Å². The van der Waals surface area contributed by atoms with E-state index >= 15 is 0 Å². The molecule has 2 amide bonds. The van der Waals surface area contributed by atoms with E-state index in [0.717, 1.165) is 11.1 Å². The number of hydrogen-bond acceptors (Lipinski definition) is 2. The summed E-state index contributed by atoms with van der Waals surface area (Å²) in [6.07, 6.45) is 0.449. The molecule has 0 saturated carbocycles. The Bertz CT molecular complexity index is 499. The van der Waals surface area contributed by atoms with Crippen LogP contribution in [0.4, 0.5) is 10.5 Å². The van der Waals surface area contributed by atoms with Crippen LogP contribution in [-0.4, -0.2) is 23.8 Å². The third kappa shape index (κ3) is 5.45. The summed E-state index contributed by atoms with van der Waals surface area (Å²) in [5.41, 5.74) is 2.60. The Balaban J connectivity index is 2.79. The van der Waals surface area contributed by atoms with E-state index in [4.69, 9.17) is 5.11 Å². The average molecular weight is 260 g/mol. The van der Waals surface area contributed by atoms with Crippen LogP contribution < -0.4 is 10.6 Å². The Labute approximate surface area is 114 Å². The first-order valence-corrected chi connectivity index (χ1v) is 6.31. The maximum absolute atomic E-state index is 11.6. The molecule has 0 aliphatic rings. The molecule has 0 aliphatic carbocycles. The van der Waals surface area contributed by atoms with Gasteiger partial charge in [-0.25, -0.2) is 4.79 Å². The number of benzene rings is 1. The van der Waals surface area contributed by atoms with Crippen LogP contribution in [0.3, 0.4) is 0 Å². The van der Waals surface area contributed by atoms with Gasteiger partial charge in [-0.15, -0.1) is 0 Å². The number of nitrogens with one attached hydrogen (secondary N) is 2. The number of carbonyl (C=O) groups excluding carboxylic acids is 1. The highest BCUT2D eigenvalue weighted by atomic mass is 16.2. The maximum atomic E-state index is 11.6. The number of carbonyl (C=O) groups is 1. The van der Waals surface area contributed by atoms with Crippen LogP contribution in [0.5, 0.6) is 0 Å². The lowest BCUT2D eigenvalue weighted by Gasteiger charge is -2.11. The fourth-order valence-electron chi connectivity index (χ4n) is 1.48. The van der Waals surface area contributed by atoms with E-state index in [1.54, 1.807) is 0 Å². The first-order valence-electron chi connectivity index (χ1n) is 6.31. The highest BCUT2D eigenvalue weighted by Crippen LogP contribution is 2.14. The number of aliphatic hydroxyl groups excluding tert-OH is 1. The van der Waals surface area contributed by atoms with Crippen molar-refractivity contribution in [2.24, 2.45) is 0 Å². The van der Waals surface area contributed by atoms with Gasteiger partial charge in [-0.1, -0.05) is 17.9 Å². The molecule has 0 heterocycles. The van der Waals surface area contributed by atoms with Crippen molar-refractivity contribution < 1.29 is 9.90 Å². The van der Waals surface area contributed by atoms with Gasteiger partial charge in [-0.2, -0.15) is 0 Å². The van der Waals surface area contributed by atoms with Gasteiger partial charge in [0.05, 0.1) is 6.61 Å². The molecule has 0 unspecified atom stereocenters. The van der Waals surface area contributed by atoms with E-state index in [2.05, 4.69) is 22.5 Å². The lowest BCUT2D eigenvalue weighted by Crippen LogP contribution is -2.34. The number of hydrogen-bond donors (Lipinski definition) is 3. The molecule has 0 saturated heterocycles. The first-order chi connectivity index (χ1) is 9.02. The smallest absolute Gasteiger partial charge is 0.319 e. The second kappa shape index (κ2) is 7.45. The first kappa shape index (κ1) is 15.1. The molecular formula is C15H20N2O2. The van der Waals surface area contributed by atoms with E-state index in [9.17, 15) is 4.79 Å². The van der Waals surface area contributed by atoms with Crippen LogP contribution in [0.1, 0.15) is 31.4 Å². The monoisotopic (exact) mass is 260 g/mol. The minimum Gasteiger partial charge on any atom is -0.395 e. The summed E-state index contributed by atoms with van der Waals surface area (Å²) in [6.45, 7) is 5.82. The fourth-order valence-corrected chi connectivity index (χ4v) is 1.48. The number of anilines is 1. The van der Waals surface area contributed by atoms with Crippen LogP contribution >= 0.6 is 0 Å². The van der Waals surface area contributed by atoms with Crippen molar-refractivity contribution in [3.05, 3.63) is 29.3 Å². The lowest BCUT2D eigenvalue weighted by atomic mass is 10.1.